The van der Waals surface area contributed by atoms with Crippen LogP contribution in [0.15, 0.2) is 24.3 Å². The average Bonchev–Trinajstić information content (AvgIpc) is 2.43. The van der Waals surface area contributed by atoms with E-state index in [1.807, 2.05) is 52.8 Å². The molecule has 0 aliphatic carbocycles. The van der Waals surface area contributed by atoms with Gasteiger partial charge in [-0.1, -0.05) is 12.1 Å². The second-order valence-electron chi connectivity index (χ2n) is 7.12. The maximum atomic E-state index is 12.0. The number of hydrogen-bond acceptors (Lipinski definition) is 3. The highest BCUT2D eigenvalue weighted by Crippen LogP contribution is 2.12. The van der Waals surface area contributed by atoms with Crippen molar-refractivity contribution < 1.29 is 14.3 Å². The van der Waals surface area contributed by atoms with E-state index in [0.717, 1.165) is 5.56 Å². The van der Waals surface area contributed by atoms with Crippen LogP contribution in [0.1, 0.15) is 47.1 Å². The van der Waals surface area contributed by atoms with Gasteiger partial charge in [-0.2, -0.15) is 0 Å². The Hall–Kier alpha value is -2.08. The minimum absolute atomic E-state index is 0.145. The van der Waals surface area contributed by atoms with E-state index in [9.17, 15) is 9.59 Å². The highest BCUT2D eigenvalue weighted by molar-refractivity contribution is 5.93. The van der Waals surface area contributed by atoms with Crippen molar-refractivity contribution >= 4 is 17.6 Å². The van der Waals surface area contributed by atoms with Crippen LogP contribution in [0.2, 0.25) is 0 Å². The number of ether oxygens (including phenoxy) is 1. The van der Waals surface area contributed by atoms with Crippen LogP contribution in [-0.2, 0) is 16.1 Å². The predicted octanol–water partition coefficient (Wildman–Crippen LogP) is 3.04. The molecule has 0 aliphatic rings. The van der Waals surface area contributed by atoms with Gasteiger partial charge < -0.3 is 20.7 Å². The van der Waals surface area contributed by atoms with E-state index in [-0.39, 0.29) is 17.6 Å². The summed E-state index contributed by atoms with van der Waals surface area (Å²) in [7, 11) is 0. The highest BCUT2D eigenvalue weighted by atomic mass is 16.5. The van der Waals surface area contributed by atoms with Crippen LogP contribution in [0.4, 0.5) is 10.5 Å². The average molecular weight is 335 g/mol. The van der Waals surface area contributed by atoms with Crippen LogP contribution < -0.4 is 16.0 Å². The molecule has 0 saturated heterocycles. The van der Waals surface area contributed by atoms with Crippen molar-refractivity contribution in [3.8, 4) is 0 Å². The quantitative estimate of drug-likeness (QED) is 0.747. The fraction of sp³-hybridized carbons (Fsp3) is 0.556. The molecule has 0 radical (unpaired) electrons. The molecule has 0 unspecified atom stereocenters. The standard InChI is InChI=1S/C18H29N3O3/c1-12(2)24-11-14-8-7-9-15(10-14)20-17(23)19-13(3)16(22)21-18(4,5)6/h7-10,12-13H,11H2,1-6H3,(H,21,22)(H2,19,20,23)/t13-/m0/s1. The summed E-state index contributed by atoms with van der Waals surface area (Å²) < 4.78 is 5.55. The lowest BCUT2D eigenvalue weighted by molar-refractivity contribution is -0.123. The number of benzene rings is 1. The summed E-state index contributed by atoms with van der Waals surface area (Å²) in [6, 6.07) is 6.38. The van der Waals surface area contributed by atoms with E-state index in [1.165, 1.54) is 0 Å². The van der Waals surface area contributed by atoms with Gasteiger partial charge in [0, 0.05) is 11.2 Å². The van der Waals surface area contributed by atoms with Crippen LogP contribution in [0.5, 0.6) is 0 Å². The van der Waals surface area contributed by atoms with Crippen molar-refractivity contribution in [1.82, 2.24) is 10.6 Å². The van der Waals surface area contributed by atoms with Gasteiger partial charge in [0.1, 0.15) is 6.04 Å². The van der Waals surface area contributed by atoms with Gasteiger partial charge in [-0.3, -0.25) is 4.79 Å². The molecule has 3 N–H and O–H groups in total. The summed E-state index contributed by atoms with van der Waals surface area (Å²) in [5, 5.41) is 8.19. The third-order valence-electron chi connectivity index (χ3n) is 3.01. The Morgan fingerprint density at radius 2 is 1.83 bits per heavy atom. The number of urea groups is 1. The Kier molecular flexibility index (Phi) is 7.22. The molecule has 3 amide bonds. The Bertz CT molecular complexity index is 565. The zero-order valence-corrected chi connectivity index (χ0v) is 15.4. The predicted molar refractivity (Wildman–Crippen MR) is 95.9 cm³/mol. The van der Waals surface area contributed by atoms with Crippen molar-refractivity contribution in [2.75, 3.05) is 5.32 Å². The lowest BCUT2D eigenvalue weighted by Gasteiger charge is -2.23. The molecule has 134 valence electrons. The molecular formula is C18H29N3O3. The molecule has 1 aromatic rings. The Balaban J connectivity index is 2.55. The second-order valence-corrected chi connectivity index (χ2v) is 7.12. The maximum absolute atomic E-state index is 12.0. The van der Waals surface area contributed by atoms with E-state index in [2.05, 4.69) is 16.0 Å². The SMILES string of the molecule is CC(C)OCc1cccc(NC(=O)N[C@@H](C)C(=O)NC(C)(C)C)c1. The smallest absolute Gasteiger partial charge is 0.319 e. The van der Waals surface area contributed by atoms with E-state index in [1.54, 1.807) is 13.0 Å². The summed E-state index contributed by atoms with van der Waals surface area (Å²) in [6.07, 6.45) is 0.145. The van der Waals surface area contributed by atoms with Gasteiger partial charge in [0.25, 0.3) is 0 Å². The zero-order valence-electron chi connectivity index (χ0n) is 15.4. The molecule has 24 heavy (non-hydrogen) atoms. The second kappa shape index (κ2) is 8.68. The van der Waals surface area contributed by atoms with Gasteiger partial charge in [-0.05, 0) is 59.2 Å². The third-order valence-corrected chi connectivity index (χ3v) is 3.01. The molecule has 0 fully saturated rings. The molecular weight excluding hydrogens is 306 g/mol. The molecule has 6 heteroatoms. The summed E-state index contributed by atoms with van der Waals surface area (Å²) in [5.74, 6) is -0.225. The largest absolute Gasteiger partial charge is 0.374 e. The summed E-state index contributed by atoms with van der Waals surface area (Å²) >= 11 is 0. The van der Waals surface area contributed by atoms with Crippen LogP contribution in [-0.4, -0.2) is 29.6 Å². The van der Waals surface area contributed by atoms with Crippen molar-refractivity contribution in [2.24, 2.45) is 0 Å². The molecule has 0 aromatic heterocycles. The van der Waals surface area contributed by atoms with Crippen molar-refractivity contribution in [3.05, 3.63) is 29.8 Å². The van der Waals surface area contributed by atoms with Gasteiger partial charge in [0.05, 0.1) is 12.7 Å². The number of hydrogen-bond donors (Lipinski definition) is 3. The summed E-state index contributed by atoms with van der Waals surface area (Å²) in [5.41, 5.74) is 1.29. The first-order valence-electron chi connectivity index (χ1n) is 8.17. The molecule has 1 atom stereocenters. The van der Waals surface area contributed by atoms with Crippen molar-refractivity contribution in [1.29, 1.82) is 0 Å². The minimum atomic E-state index is -0.628. The van der Waals surface area contributed by atoms with E-state index in [4.69, 9.17) is 4.74 Å². The lowest BCUT2D eigenvalue weighted by Crippen LogP contribution is -2.51. The minimum Gasteiger partial charge on any atom is -0.374 e. The maximum Gasteiger partial charge on any atom is 0.319 e. The monoisotopic (exact) mass is 335 g/mol. The number of rotatable bonds is 6. The molecule has 0 spiro atoms. The Labute approximate surface area is 144 Å². The van der Waals surface area contributed by atoms with Crippen LogP contribution >= 0.6 is 0 Å². The van der Waals surface area contributed by atoms with Gasteiger partial charge in [0.15, 0.2) is 0 Å². The molecule has 0 heterocycles. The number of carbonyl (C=O) groups is 2. The van der Waals surface area contributed by atoms with Crippen LogP contribution in [0, 0.1) is 0 Å². The number of nitrogens with one attached hydrogen (secondary N) is 3. The summed E-state index contributed by atoms with van der Waals surface area (Å²) in [4.78, 5) is 24.0. The molecule has 0 saturated carbocycles. The lowest BCUT2D eigenvalue weighted by atomic mass is 10.1. The normalized spacial score (nSPS) is 12.6. The molecule has 0 aliphatic heterocycles. The first kappa shape index (κ1) is 20.0. The number of carbonyl (C=O) groups excluding carboxylic acids is 2. The molecule has 1 rings (SSSR count). The van der Waals surface area contributed by atoms with Crippen molar-refractivity contribution in [3.63, 3.8) is 0 Å². The van der Waals surface area contributed by atoms with Gasteiger partial charge >= 0.3 is 6.03 Å². The molecule has 1 aromatic carbocycles. The number of anilines is 1. The Morgan fingerprint density at radius 1 is 1.17 bits per heavy atom. The topological polar surface area (TPSA) is 79.5 Å². The fourth-order valence-electron chi connectivity index (χ4n) is 1.91. The van der Waals surface area contributed by atoms with Gasteiger partial charge in [0.2, 0.25) is 5.91 Å². The van der Waals surface area contributed by atoms with Gasteiger partial charge in [-0.15, -0.1) is 0 Å². The first-order valence-corrected chi connectivity index (χ1v) is 8.17. The van der Waals surface area contributed by atoms with Crippen LogP contribution in [0.25, 0.3) is 0 Å². The van der Waals surface area contributed by atoms with Crippen molar-refractivity contribution in [2.45, 2.75) is 65.8 Å². The molecule has 6 nitrogen and oxygen atoms in total. The highest BCUT2D eigenvalue weighted by Gasteiger charge is 2.20. The first-order chi connectivity index (χ1) is 11.1. The Morgan fingerprint density at radius 3 is 2.42 bits per heavy atom. The zero-order chi connectivity index (χ0) is 18.3. The molecule has 0 bridgehead atoms. The number of amides is 3. The van der Waals surface area contributed by atoms with Gasteiger partial charge in [-0.25, -0.2) is 4.79 Å². The third kappa shape index (κ3) is 7.97. The summed E-state index contributed by atoms with van der Waals surface area (Å²) in [6.45, 7) is 11.7. The van der Waals surface area contributed by atoms with E-state index >= 15 is 0 Å². The van der Waals surface area contributed by atoms with E-state index in [0.29, 0.717) is 12.3 Å². The van der Waals surface area contributed by atoms with E-state index < -0.39 is 12.1 Å². The van der Waals surface area contributed by atoms with Crippen LogP contribution in [0.3, 0.4) is 0 Å². The fourth-order valence-corrected chi connectivity index (χ4v) is 1.91.